The van der Waals surface area contributed by atoms with Gasteiger partial charge in [0.15, 0.2) is 0 Å². The summed E-state index contributed by atoms with van der Waals surface area (Å²) in [4.78, 5) is 17.5. The van der Waals surface area contributed by atoms with Gasteiger partial charge in [0.1, 0.15) is 5.76 Å². The lowest BCUT2D eigenvalue weighted by atomic mass is 9.82. The molecule has 25 heavy (non-hydrogen) atoms. The molecule has 2 aromatic rings. The summed E-state index contributed by atoms with van der Waals surface area (Å²) >= 11 is 0. The van der Waals surface area contributed by atoms with Crippen molar-refractivity contribution in [3.63, 3.8) is 0 Å². The first-order valence-corrected chi connectivity index (χ1v) is 9.22. The number of aromatic nitrogens is 1. The van der Waals surface area contributed by atoms with Crippen molar-refractivity contribution >= 4 is 5.91 Å². The third kappa shape index (κ3) is 3.47. The second-order valence-electron chi connectivity index (χ2n) is 7.17. The molecule has 5 heteroatoms. The Balaban J connectivity index is 1.37. The molecule has 1 aliphatic heterocycles. The van der Waals surface area contributed by atoms with Crippen LogP contribution < -0.4 is 0 Å². The topological polar surface area (TPSA) is 49.6 Å². The summed E-state index contributed by atoms with van der Waals surface area (Å²) in [6.45, 7) is 6.10. The maximum absolute atomic E-state index is 13.1. The molecule has 1 aromatic heterocycles. The van der Waals surface area contributed by atoms with Crippen LogP contribution in [-0.4, -0.2) is 47.0 Å². The molecule has 4 rings (SSSR count). The number of rotatable bonds is 3. The van der Waals surface area contributed by atoms with Gasteiger partial charge in [-0.3, -0.25) is 9.69 Å². The van der Waals surface area contributed by atoms with Crippen molar-refractivity contribution in [2.75, 3.05) is 26.2 Å². The van der Waals surface area contributed by atoms with E-state index in [0.717, 1.165) is 63.4 Å². The van der Waals surface area contributed by atoms with E-state index in [1.807, 2.05) is 13.0 Å². The molecular weight excluding hydrogens is 314 g/mol. The highest BCUT2D eigenvalue weighted by molar-refractivity contribution is 5.84. The third-order valence-corrected chi connectivity index (χ3v) is 5.41. The molecule has 0 radical (unpaired) electrons. The minimum Gasteiger partial charge on any atom is -0.361 e. The van der Waals surface area contributed by atoms with Crippen molar-refractivity contribution in [1.82, 2.24) is 15.0 Å². The van der Waals surface area contributed by atoms with Crippen LogP contribution in [0.2, 0.25) is 0 Å². The largest absolute Gasteiger partial charge is 0.361 e. The SMILES string of the molecule is Cc1cc(CN2CCN(C(=O)[C@@H]3CCCc4ccccc43)CC2)no1. The highest BCUT2D eigenvalue weighted by Gasteiger charge is 2.31. The van der Waals surface area contributed by atoms with Gasteiger partial charge in [0.2, 0.25) is 5.91 Å². The highest BCUT2D eigenvalue weighted by Crippen LogP contribution is 2.33. The van der Waals surface area contributed by atoms with Crippen molar-refractivity contribution in [2.24, 2.45) is 0 Å². The molecule has 2 heterocycles. The number of fused-ring (bicyclic) bond motifs is 1. The Labute approximate surface area is 148 Å². The van der Waals surface area contributed by atoms with E-state index in [2.05, 4.69) is 39.2 Å². The molecule has 0 saturated carbocycles. The van der Waals surface area contributed by atoms with E-state index >= 15 is 0 Å². The van der Waals surface area contributed by atoms with E-state index in [4.69, 9.17) is 4.52 Å². The third-order valence-electron chi connectivity index (χ3n) is 5.41. The van der Waals surface area contributed by atoms with Crippen LogP contribution in [-0.2, 0) is 17.8 Å². The smallest absolute Gasteiger partial charge is 0.230 e. The standard InChI is InChI=1S/C20H25N3O2/c1-15-13-17(21-25-15)14-22-9-11-23(12-10-22)20(24)19-8-4-6-16-5-2-3-7-18(16)19/h2-3,5,7,13,19H,4,6,8-12,14H2,1H3/t19-/m1/s1. The lowest BCUT2D eigenvalue weighted by Gasteiger charge is -2.37. The number of amides is 1. The van der Waals surface area contributed by atoms with Gasteiger partial charge in [0, 0.05) is 38.8 Å². The lowest BCUT2D eigenvalue weighted by molar-refractivity contribution is -0.135. The quantitative estimate of drug-likeness (QED) is 0.863. The van der Waals surface area contributed by atoms with Gasteiger partial charge < -0.3 is 9.42 Å². The maximum Gasteiger partial charge on any atom is 0.230 e. The van der Waals surface area contributed by atoms with Crippen LogP contribution in [0.15, 0.2) is 34.9 Å². The van der Waals surface area contributed by atoms with E-state index < -0.39 is 0 Å². The summed E-state index contributed by atoms with van der Waals surface area (Å²) in [6, 6.07) is 10.4. The maximum atomic E-state index is 13.1. The number of aryl methyl sites for hydroxylation is 2. The molecule has 1 amide bonds. The Morgan fingerprint density at radius 2 is 2.04 bits per heavy atom. The average molecular weight is 339 g/mol. The number of hydrogen-bond acceptors (Lipinski definition) is 4. The molecule has 5 nitrogen and oxygen atoms in total. The number of piperazine rings is 1. The van der Waals surface area contributed by atoms with Gasteiger partial charge >= 0.3 is 0 Å². The fourth-order valence-electron chi connectivity index (χ4n) is 4.08. The Bertz CT molecular complexity index is 747. The molecule has 1 fully saturated rings. The van der Waals surface area contributed by atoms with Crippen LogP contribution in [0.4, 0.5) is 0 Å². The molecule has 2 aliphatic rings. The minimum absolute atomic E-state index is 0.0506. The zero-order valence-electron chi connectivity index (χ0n) is 14.8. The number of carbonyl (C=O) groups excluding carboxylic acids is 1. The monoisotopic (exact) mass is 339 g/mol. The predicted octanol–water partition coefficient (Wildman–Crippen LogP) is 2.75. The van der Waals surface area contributed by atoms with Crippen LogP contribution >= 0.6 is 0 Å². The van der Waals surface area contributed by atoms with Gasteiger partial charge in [-0.2, -0.15) is 0 Å². The van der Waals surface area contributed by atoms with E-state index in [1.54, 1.807) is 0 Å². The van der Waals surface area contributed by atoms with Gasteiger partial charge in [-0.1, -0.05) is 29.4 Å². The minimum atomic E-state index is 0.0506. The summed E-state index contributed by atoms with van der Waals surface area (Å²) in [5, 5.41) is 4.07. The molecule has 0 unspecified atom stereocenters. The van der Waals surface area contributed by atoms with E-state index in [-0.39, 0.29) is 5.92 Å². The van der Waals surface area contributed by atoms with Crippen LogP contribution in [0.25, 0.3) is 0 Å². The van der Waals surface area contributed by atoms with Crippen LogP contribution in [0, 0.1) is 6.92 Å². The fourth-order valence-corrected chi connectivity index (χ4v) is 4.08. The number of nitrogens with zero attached hydrogens (tertiary/aromatic N) is 3. The van der Waals surface area contributed by atoms with E-state index in [9.17, 15) is 4.79 Å². The Kier molecular flexibility index (Phi) is 4.57. The second-order valence-corrected chi connectivity index (χ2v) is 7.17. The Hall–Kier alpha value is -2.14. The van der Waals surface area contributed by atoms with Gasteiger partial charge in [-0.15, -0.1) is 0 Å². The summed E-state index contributed by atoms with van der Waals surface area (Å²) in [7, 11) is 0. The molecule has 1 saturated heterocycles. The van der Waals surface area contributed by atoms with Gasteiger partial charge in [-0.05, 0) is 37.3 Å². The summed E-state index contributed by atoms with van der Waals surface area (Å²) < 4.78 is 5.14. The fraction of sp³-hybridized carbons (Fsp3) is 0.500. The van der Waals surface area contributed by atoms with E-state index in [0.29, 0.717) is 5.91 Å². The lowest BCUT2D eigenvalue weighted by Crippen LogP contribution is -2.49. The van der Waals surface area contributed by atoms with Gasteiger partial charge in [-0.25, -0.2) is 0 Å². The van der Waals surface area contributed by atoms with E-state index in [1.165, 1.54) is 11.1 Å². The summed E-state index contributed by atoms with van der Waals surface area (Å²) in [5.41, 5.74) is 3.57. The zero-order valence-corrected chi connectivity index (χ0v) is 14.8. The molecule has 1 aliphatic carbocycles. The first-order valence-electron chi connectivity index (χ1n) is 9.22. The van der Waals surface area contributed by atoms with Crippen LogP contribution in [0.3, 0.4) is 0 Å². The summed E-state index contributed by atoms with van der Waals surface area (Å²) in [5.74, 6) is 1.21. The second kappa shape index (κ2) is 7.00. The number of hydrogen-bond donors (Lipinski definition) is 0. The predicted molar refractivity (Wildman–Crippen MR) is 95.2 cm³/mol. The van der Waals surface area contributed by atoms with Gasteiger partial charge in [0.05, 0.1) is 11.6 Å². The van der Waals surface area contributed by atoms with Crippen molar-refractivity contribution in [3.05, 3.63) is 52.9 Å². The molecule has 1 aromatic carbocycles. The average Bonchev–Trinajstić information content (AvgIpc) is 3.06. The normalized spacial score (nSPS) is 21.2. The molecule has 1 atom stereocenters. The first kappa shape index (κ1) is 16.3. The van der Waals surface area contributed by atoms with Crippen molar-refractivity contribution in [3.8, 4) is 0 Å². The molecule has 0 bridgehead atoms. The van der Waals surface area contributed by atoms with Crippen LogP contribution in [0.5, 0.6) is 0 Å². The Morgan fingerprint density at radius 1 is 1.24 bits per heavy atom. The summed E-state index contributed by atoms with van der Waals surface area (Å²) in [6.07, 6.45) is 3.19. The molecular formula is C20H25N3O2. The Morgan fingerprint density at radius 3 is 2.80 bits per heavy atom. The molecule has 0 spiro atoms. The number of benzene rings is 1. The highest BCUT2D eigenvalue weighted by atomic mass is 16.5. The zero-order chi connectivity index (χ0) is 17.2. The molecule has 132 valence electrons. The van der Waals surface area contributed by atoms with Crippen molar-refractivity contribution < 1.29 is 9.32 Å². The van der Waals surface area contributed by atoms with Crippen LogP contribution in [0.1, 0.15) is 41.3 Å². The van der Waals surface area contributed by atoms with Gasteiger partial charge in [0.25, 0.3) is 0 Å². The molecule has 0 N–H and O–H groups in total. The van der Waals surface area contributed by atoms with Crippen molar-refractivity contribution in [2.45, 2.75) is 38.6 Å². The number of carbonyl (C=O) groups is 1. The van der Waals surface area contributed by atoms with Crippen molar-refractivity contribution in [1.29, 1.82) is 0 Å². The first-order chi connectivity index (χ1) is 12.2.